The van der Waals surface area contributed by atoms with Crippen LogP contribution >= 0.6 is 15.9 Å². The molecular weight excluding hydrogens is 278 g/mol. The van der Waals surface area contributed by atoms with E-state index < -0.39 is 5.97 Å². The Morgan fingerprint density at radius 2 is 2.44 bits per heavy atom. The first kappa shape index (κ1) is 10.9. The lowest BCUT2D eigenvalue weighted by Gasteiger charge is -2.01. The first-order chi connectivity index (χ1) is 7.66. The Labute approximate surface area is 99.3 Å². The second kappa shape index (κ2) is 4.48. The summed E-state index contributed by atoms with van der Waals surface area (Å²) in [5, 5.41) is 7.45. The van der Waals surface area contributed by atoms with Crippen molar-refractivity contribution in [3.05, 3.63) is 34.7 Å². The Kier molecular flexibility index (Phi) is 3.04. The summed E-state index contributed by atoms with van der Waals surface area (Å²) >= 11 is 3.10. The minimum Gasteiger partial charge on any atom is -0.452 e. The van der Waals surface area contributed by atoms with Gasteiger partial charge in [-0.2, -0.15) is 0 Å². The summed E-state index contributed by atoms with van der Waals surface area (Å²) in [7, 11) is 1.77. The molecule has 0 saturated heterocycles. The molecule has 0 aromatic carbocycles. The SMILES string of the molecule is Cn1cnnc1COC(=O)c1ccc(Br)o1. The monoisotopic (exact) mass is 285 g/mol. The van der Waals surface area contributed by atoms with Gasteiger partial charge in [0.25, 0.3) is 0 Å². The van der Waals surface area contributed by atoms with Gasteiger partial charge < -0.3 is 13.7 Å². The van der Waals surface area contributed by atoms with Gasteiger partial charge in [-0.15, -0.1) is 10.2 Å². The van der Waals surface area contributed by atoms with Crippen molar-refractivity contribution in [2.24, 2.45) is 7.05 Å². The molecule has 0 radical (unpaired) electrons. The Bertz CT molecular complexity index is 506. The van der Waals surface area contributed by atoms with Gasteiger partial charge in [0.1, 0.15) is 6.33 Å². The number of furan rings is 1. The molecule has 6 nitrogen and oxygen atoms in total. The molecule has 0 bridgehead atoms. The molecule has 0 amide bonds. The summed E-state index contributed by atoms with van der Waals surface area (Å²) in [6.45, 7) is 0.0631. The van der Waals surface area contributed by atoms with Gasteiger partial charge in [-0.25, -0.2) is 4.79 Å². The number of esters is 1. The Morgan fingerprint density at radius 1 is 1.62 bits per heavy atom. The fourth-order valence-electron chi connectivity index (χ4n) is 1.06. The van der Waals surface area contributed by atoms with E-state index in [1.165, 1.54) is 12.4 Å². The van der Waals surface area contributed by atoms with Crippen molar-refractivity contribution in [2.75, 3.05) is 0 Å². The molecule has 0 aliphatic carbocycles. The second-order valence-electron chi connectivity index (χ2n) is 3.04. The van der Waals surface area contributed by atoms with Gasteiger partial charge in [-0.3, -0.25) is 0 Å². The molecule has 0 spiro atoms. The normalized spacial score (nSPS) is 10.4. The van der Waals surface area contributed by atoms with E-state index in [0.29, 0.717) is 10.5 Å². The first-order valence-electron chi connectivity index (χ1n) is 4.42. The van der Waals surface area contributed by atoms with Crippen molar-refractivity contribution in [3.63, 3.8) is 0 Å². The van der Waals surface area contributed by atoms with Gasteiger partial charge in [0.15, 0.2) is 17.1 Å². The van der Waals surface area contributed by atoms with Gasteiger partial charge in [0, 0.05) is 7.05 Å². The van der Waals surface area contributed by atoms with Crippen LogP contribution in [0.15, 0.2) is 27.5 Å². The highest BCUT2D eigenvalue weighted by atomic mass is 79.9. The van der Waals surface area contributed by atoms with Crippen molar-refractivity contribution in [2.45, 2.75) is 6.61 Å². The number of nitrogens with zero attached hydrogens (tertiary/aromatic N) is 3. The number of hydrogen-bond acceptors (Lipinski definition) is 5. The van der Waals surface area contributed by atoms with E-state index in [2.05, 4.69) is 26.1 Å². The predicted octanol–water partition coefficient (Wildman–Crippen LogP) is 1.53. The summed E-state index contributed by atoms with van der Waals surface area (Å²) in [5.41, 5.74) is 0. The van der Waals surface area contributed by atoms with Crippen LogP contribution in [0.5, 0.6) is 0 Å². The molecule has 2 aromatic rings. The quantitative estimate of drug-likeness (QED) is 0.800. The maximum atomic E-state index is 11.5. The third kappa shape index (κ3) is 2.30. The van der Waals surface area contributed by atoms with E-state index in [1.54, 1.807) is 17.7 Å². The maximum absolute atomic E-state index is 11.5. The molecule has 0 N–H and O–H groups in total. The summed E-state index contributed by atoms with van der Waals surface area (Å²) in [6, 6.07) is 3.15. The van der Waals surface area contributed by atoms with Gasteiger partial charge >= 0.3 is 5.97 Å². The highest BCUT2D eigenvalue weighted by molar-refractivity contribution is 9.10. The minimum atomic E-state index is -0.534. The number of carbonyl (C=O) groups excluding carboxylic acids is 1. The smallest absolute Gasteiger partial charge is 0.374 e. The van der Waals surface area contributed by atoms with Crippen LogP contribution in [0.3, 0.4) is 0 Å². The van der Waals surface area contributed by atoms with Crippen molar-refractivity contribution >= 4 is 21.9 Å². The van der Waals surface area contributed by atoms with Gasteiger partial charge in [-0.05, 0) is 28.1 Å². The highest BCUT2D eigenvalue weighted by Gasteiger charge is 2.13. The molecule has 0 unspecified atom stereocenters. The third-order valence-corrected chi connectivity index (χ3v) is 2.34. The van der Waals surface area contributed by atoms with Crippen LogP contribution in [0.4, 0.5) is 0 Å². The van der Waals surface area contributed by atoms with Gasteiger partial charge in [0.2, 0.25) is 5.76 Å². The molecule has 0 aliphatic rings. The lowest BCUT2D eigenvalue weighted by molar-refractivity contribution is 0.0421. The topological polar surface area (TPSA) is 70.2 Å². The Balaban J connectivity index is 1.96. The van der Waals surface area contributed by atoms with Crippen LogP contribution in [0.1, 0.15) is 16.4 Å². The van der Waals surface area contributed by atoms with E-state index in [4.69, 9.17) is 9.15 Å². The molecular formula is C9H8BrN3O3. The van der Waals surface area contributed by atoms with E-state index in [1.807, 2.05) is 0 Å². The van der Waals surface area contributed by atoms with Crippen LogP contribution in [-0.4, -0.2) is 20.7 Å². The predicted molar refractivity (Wildman–Crippen MR) is 56.5 cm³/mol. The van der Waals surface area contributed by atoms with Crippen LogP contribution in [0, 0.1) is 0 Å². The number of halogens is 1. The Hall–Kier alpha value is -1.63. The standard InChI is InChI=1S/C9H8BrN3O3/c1-13-5-11-12-8(13)4-15-9(14)6-2-3-7(10)16-6/h2-3,5H,4H2,1H3. The first-order valence-corrected chi connectivity index (χ1v) is 5.21. The molecule has 2 aromatic heterocycles. The van der Waals surface area contributed by atoms with Gasteiger partial charge in [-0.1, -0.05) is 0 Å². The van der Waals surface area contributed by atoms with E-state index in [9.17, 15) is 4.79 Å². The molecule has 2 rings (SSSR count). The molecule has 0 saturated carbocycles. The van der Waals surface area contributed by atoms with E-state index >= 15 is 0 Å². The van der Waals surface area contributed by atoms with E-state index in [0.717, 1.165) is 0 Å². The summed E-state index contributed by atoms with van der Waals surface area (Å²) in [4.78, 5) is 11.5. The largest absolute Gasteiger partial charge is 0.452 e. The number of hydrogen-bond donors (Lipinski definition) is 0. The molecule has 0 aliphatic heterocycles. The fourth-order valence-corrected chi connectivity index (χ4v) is 1.37. The number of carbonyl (C=O) groups is 1. The average Bonchev–Trinajstić information content (AvgIpc) is 2.84. The fraction of sp³-hybridized carbons (Fsp3) is 0.222. The minimum absolute atomic E-state index is 0.0631. The zero-order chi connectivity index (χ0) is 11.5. The van der Waals surface area contributed by atoms with Crippen LogP contribution in [0.25, 0.3) is 0 Å². The molecule has 84 valence electrons. The number of aryl methyl sites for hydroxylation is 1. The van der Waals surface area contributed by atoms with Crippen molar-refractivity contribution in [3.8, 4) is 0 Å². The number of rotatable bonds is 3. The van der Waals surface area contributed by atoms with Crippen molar-refractivity contribution in [1.29, 1.82) is 0 Å². The third-order valence-electron chi connectivity index (χ3n) is 1.91. The van der Waals surface area contributed by atoms with Crippen LogP contribution in [-0.2, 0) is 18.4 Å². The van der Waals surface area contributed by atoms with Gasteiger partial charge in [0.05, 0.1) is 0 Å². The summed E-state index contributed by atoms with van der Waals surface area (Å²) < 4.78 is 12.2. The molecule has 2 heterocycles. The molecule has 7 heteroatoms. The zero-order valence-corrected chi connectivity index (χ0v) is 9.97. The van der Waals surface area contributed by atoms with Crippen LogP contribution in [0.2, 0.25) is 0 Å². The number of ether oxygens (including phenoxy) is 1. The van der Waals surface area contributed by atoms with Crippen molar-refractivity contribution < 1.29 is 13.9 Å². The lowest BCUT2D eigenvalue weighted by Crippen LogP contribution is -2.07. The second-order valence-corrected chi connectivity index (χ2v) is 3.82. The number of aromatic nitrogens is 3. The molecule has 16 heavy (non-hydrogen) atoms. The Morgan fingerprint density at radius 3 is 3.00 bits per heavy atom. The molecule has 0 atom stereocenters. The summed E-state index contributed by atoms with van der Waals surface area (Å²) in [6.07, 6.45) is 1.53. The average molecular weight is 286 g/mol. The lowest BCUT2D eigenvalue weighted by atomic mass is 10.4. The maximum Gasteiger partial charge on any atom is 0.374 e. The summed E-state index contributed by atoms with van der Waals surface area (Å²) in [5.74, 6) is 0.182. The highest BCUT2D eigenvalue weighted by Crippen LogP contribution is 2.15. The zero-order valence-electron chi connectivity index (χ0n) is 8.38. The molecule has 0 fully saturated rings. The van der Waals surface area contributed by atoms with Crippen LogP contribution < -0.4 is 0 Å². The van der Waals surface area contributed by atoms with E-state index in [-0.39, 0.29) is 12.4 Å². The van der Waals surface area contributed by atoms with Crippen molar-refractivity contribution in [1.82, 2.24) is 14.8 Å².